The van der Waals surface area contributed by atoms with Gasteiger partial charge in [-0.25, -0.2) is 31.6 Å². The molecular formula is C24H18F3N5O4S. The number of aliphatic hydroxyl groups excluding tert-OH is 1. The van der Waals surface area contributed by atoms with Gasteiger partial charge in [0.15, 0.2) is 21.5 Å². The lowest BCUT2D eigenvalue weighted by Crippen LogP contribution is -2.11. The summed E-state index contributed by atoms with van der Waals surface area (Å²) in [5.41, 5.74) is -1.14. The highest BCUT2D eigenvalue weighted by Gasteiger charge is 2.27. The number of aromatic amines is 2. The summed E-state index contributed by atoms with van der Waals surface area (Å²) in [6.07, 6.45) is 4.31. The van der Waals surface area contributed by atoms with Crippen LogP contribution in [0.15, 0.2) is 53.8 Å². The number of fused-ring (bicyclic) bond motifs is 1. The Hall–Kier alpha value is -4.23. The third-order valence-electron chi connectivity index (χ3n) is 5.77. The molecule has 0 unspecified atom stereocenters. The molecule has 9 nitrogen and oxygen atoms in total. The van der Waals surface area contributed by atoms with Crippen molar-refractivity contribution in [3.63, 3.8) is 0 Å². The van der Waals surface area contributed by atoms with Gasteiger partial charge in [0.25, 0.3) is 0 Å². The van der Waals surface area contributed by atoms with Crippen molar-refractivity contribution in [1.82, 2.24) is 25.1 Å². The second kappa shape index (κ2) is 9.33. The van der Waals surface area contributed by atoms with Crippen molar-refractivity contribution in [1.29, 1.82) is 0 Å². The van der Waals surface area contributed by atoms with Crippen LogP contribution < -0.4 is 4.74 Å². The van der Waals surface area contributed by atoms with Gasteiger partial charge < -0.3 is 14.8 Å². The van der Waals surface area contributed by atoms with E-state index in [1.54, 1.807) is 6.20 Å². The first kappa shape index (κ1) is 24.5. The van der Waals surface area contributed by atoms with Crippen LogP contribution in [0.5, 0.6) is 5.88 Å². The summed E-state index contributed by atoms with van der Waals surface area (Å²) >= 11 is 0. The average Bonchev–Trinajstić information content (AvgIpc) is 3.57. The Bertz CT molecular complexity index is 1740. The Balaban J connectivity index is 1.59. The summed E-state index contributed by atoms with van der Waals surface area (Å²) in [7, 11) is -3.06. The molecule has 5 aromatic rings. The maximum Gasteiger partial charge on any atom is 0.232 e. The Morgan fingerprint density at radius 1 is 1.08 bits per heavy atom. The fraction of sp³-hybridized carbons (Fsp3) is 0.125. The van der Waals surface area contributed by atoms with Gasteiger partial charge in [-0.05, 0) is 23.8 Å². The first-order chi connectivity index (χ1) is 17.7. The number of nitrogens with one attached hydrogen (secondary N) is 2. The quantitative estimate of drug-likeness (QED) is 0.291. The number of aromatic nitrogens is 5. The summed E-state index contributed by atoms with van der Waals surface area (Å²) in [5.74, 6) is -4.06. The smallest absolute Gasteiger partial charge is 0.232 e. The van der Waals surface area contributed by atoms with Gasteiger partial charge in [0, 0.05) is 35.1 Å². The molecular weight excluding hydrogens is 511 g/mol. The molecule has 37 heavy (non-hydrogen) atoms. The molecule has 0 spiro atoms. The molecule has 0 saturated heterocycles. The Kier molecular flexibility index (Phi) is 6.17. The van der Waals surface area contributed by atoms with Gasteiger partial charge in [-0.2, -0.15) is 5.10 Å². The molecule has 0 bridgehead atoms. The number of ether oxygens (including phenoxy) is 1. The van der Waals surface area contributed by atoms with Gasteiger partial charge in [-0.15, -0.1) is 0 Å². The molecule has 3 heterocycles. The number of hydrogen-bond donors (Lipinski definition) is 3. The monoisotopic (exact) mass is 529 g/mol. The summed E-state index contributed by atoms with van der Waals surface area (Å²) < 4.78 is 77.2. The van der Waals surface area contributed by atoms with Gasteiger partial charge in [0.05, 0.1) is 25.0 Å². The van der Waals surface area contributed by atoms with Crippen LogP contribution in [0.1, 0.15) is 11.1 Å². The number of rotatable bonds is 7. The van der Waals surface area contributed by atoms with Crippen molar-refractivity contribution in [3.8, 4) is 28.5 Å². The summed E-state index contributed by atoms with van der Waals surface area (Å²) in [6, 6.07) is 5.63. The van der Waals surface area contributed by atoms with E-state index in [0.29, 0.717) is 16.9 Å². The fourth-order valence-electron chi connectivity index (χ4n) is 3.99. The third-order valence-corrected chi connectivity index (χ3v) is 7.43. The molecule has 0 aliphatic heterocycles. The number of methoxy groups -OCH3 is 1. The zero-order valence-electron chi connectivity index (χ0n) is 19.1. The van der Waals surface area contributed by atoms with Crippen LogP contribution in [0.3, 0.4) is 0 Å². The Morgan fingerprint density at radius 3 is 2.59 bits per heavy atom. The van der Waals surface area contributed by atoms with Crippen molar-refractivity contribution >= 4 is 20.7 Å². The highest BCUT2D eigenvalue weighted by atomic mass is 32.2. The molecule has 0 fully saturated rings. The van der Waals surface area contributed by atoms with Crippen LogP contribution in [0.2, 0.25) is 0 Å². The van der Waals surface area contributed by atoms with E-state index in [0.717, 1.165) is 18.2 Å². The minimum Gasteiger partial charge on any atom is -0.480 e. The van der Waals surface area contributed by atoms with Crippen LogP contribution >= 0.6 is 0 Å². The maximum atomic E-state index is 15.6. The first-order valence-corrected chi connectivity index (χ1v) is 12.4. The van der Waals surface area contributed by atoms with Crippen molar-refractivity contribution in [3.05, 3.63) is 77.5 Å². The summed E-state index contributed by atoms with van der Waals surface area (Å²) in [5, 5.41) is 16.3. The Labute approximate surface area is 207 Å². The predicted octanol–water partition coefficient (Wildman–Crippen LogP) is 3.91. The molecule has 3 aromatic heterocycles. The lowest BCUT2D eigenvalue weighted by atomic mass is 9.99. The minimum absolute atomic E-state index is 0.169. The number of hydrogen-bond acceptors (Lipinski definition) is 7. The van der Waals surface area contributed by atoms with E-state index in [1.807, 2.05) is 0 Å². The van der Waals surface area contributed by atoms with E-state index in [2.05, 4.69) is 25.1 Å². The van der Waals surface area contributed by atoms with Gasteiger partial charge in [0.2, 0.25) is 5.88 Å². The number of imidazole rings is 1. The first-order valence-electron chi connectivity index (χ1n) is 10.7. The van der Waals surface area contributed by atoms with Gasteiger partial charge >= 0.3 is 0 Å². The highest BCUT2D eigenvalue weighted by Crippen LogP contribution is 2.36. The zero-order valence-corrected chi connectivity index (χ0v) is 19.9. The molecule has 0 radical (unpaired) electrons. The number of H-pyrrole nitrogens is 2. The molecule has 0 aliphatic carbocycles. The fourth-order valence-corrected chi connectivity index (χ4v) is 5.52. The van der Waals surface area contributed by atoms with Crippen molar-refractivity contribution < 1.29 is 31.4 Å². The summed E-state index contributed by atoms with van der Waals surface area (Å²) in [6.45, 7) is -0.481. The number of benzene rings is 2. The van der Waals surface area contributed by atoms with Crippen LogP contribution in [-0.2, 0) is 22.2 Å². The van der Waals surface area contributed by atoms with Crippen molar-refractivity contribution in [2.45, 2.75) is 17.3 Å². The van der Waals surface area contributed by atoms with E-state index < -0.39 is 56.3 Å². The number of pyridine rings is 1. The standard InChI is InChI=1S/C24H18F3N5O4S/c1-36-24-17(8-12(10-33)9-30-24)37(34,35)11-13-2-5-16(25)18(19(13)26)14-3-4-15-21(20(14)27)31-32-22(15)23-28-6-7-29-23/h2-9,33H,10-11H2,1H3,(H,28,29)(H,31,32). The second-order valence-corrected chi connectivity index (χ2v) is 9.98. The Morgan fingerprint density at radius 2 is 1.89 bits per heavy atom. The van der Waals surface area contributed by atoms with E-state index in [4.69, 9.17) is 4.74 Å². The summed E-state index contributed by atoms with van der Waals surface area (Å²) in [4.78, 5) is 10.4. The molecule has 0 saturated carbocycles. The normalized spacial score (nSPS) is 11.8. The zero-order chi connectivity index (χ0) is 26.3. The predicted molar refractivity (Wildman–Crippen MR) is 127 cm³/mol. The molecule has 13 heteroatoms. The largest absolute Gasteiger partial charge is 0.480 e. The topological polar surface area (TPSA) is 134 Å². The van der Waals surface area contributed by atoms with E-state index in [1.165, 1.54) is 31.6 Å². The average molecular weight is 530 g/mol. The second-order valence-electron chi connectivity index (χ2n) is 8.02. The van der Waals surface area contributed by atoms with Crippen molar-refractivity contribution in [2.24, 2.45) is 0 Å². The highest BCUT2D eigenvalue weighted by molar-refractivity contribution is 7.90. The van der Waals surface area contributed by atoms with Gasteiger partial charge in [0.1, 0.15) is 27.7 Å². The van der Waals surface area contributed by atoms with E-state index in [9.17, 15) is 17.9 Å². The lowest BCUT2D eigenvalue weighted by Gasteiger charge is -2.13. The van der Waals surface area contributed by atoms with E-state index in [-0.39, 0.29) is 21.9 Å². The van der Waals surface area contributed by atoms with Crippen LogP contribution in [0.25, 0.3) is 33.5 Å². The molecule has 190 valence electrons. The molecule has 5 rings (SSSR count). The van der Waals surface area contributed by atoms with Gasteiger partial charge in [-0.3, -0.25) is 5.10 Å². The third kappa shape index (κ3) is 4.21. The molecule has 2 aromatic carbocycles. The number of nitrogens with zero attached hydrogens (tertiary/aromatic N) is 3. The van der Waals surface area contributed by atoms with Crippen LogP contribution in [-0.4, -0.2) is 45.8 Å². The minimum atomic E-state index is -4.27. The van der Waals surface area contributed by atoms with Crippen LogP contribution in [0.4, 0.5) is 13.2 Å². The number of halogens is 3. The van der Waals surface area contributed by atoms with Crippen molar-refractivity contribution in [2.75, 3.05) is 7.11 Å². The lowest BCUT2D eigenvalue weighted by molar-refractivity contribution is 0.280. The molecule has 0 atom stereocenters. The van der Waals surface area contributed by atoms with E-state index >= 15 is 8.78 Å². The SMILES string of the molecule is COc1ncc(CO)cc1S(=O)(=O)Cc1ccc(F)c(-c2ccc3c(-c4ncc[nH]4)[nH]nc3c2F)c1F. The van der Waals surface area contributed by atoms with Gasteiger partial charge in [-0.1, -0.05) is 12.1 Å². The molecule has 0 amide bonds. The van der Waals surface area contributed by atoms with Crippen LogP contribution in [0, 0.1) is 17.5 Å². The molecule has 3 N–H and O–H groups in total. The number of sulfone groups is 1. The molecule has 0 aliphatic rings. The number of aliphatic hydroxyl groups is 1. The maximum absolute atomic E-state index is 15.6.